The molecule has 0 amide bonds. The Morgan fingerprint density at radius 3 is 2.44 bits per heavy atom. The first kappa shape index (κ1) is 22.1. The number of aliphatic hydroxyl groups excluding tert-OH is 1. The van der Waals surface area contributed by atoms with Crippen LogP contribution < -0.4 is 11.2 Å². The lowest BCUT2D eigenvalue weighted by Gasteiger charge is -2.40. The summed E-state index contributed by atoms with van der Waals surface area (Å²) in [6.07, 6.45) is 1.19. The minimum atomic E-state index is -2.24. The highest BCUT2D eigenvalue weighted by Gasteiger charge is 2.56. The second kappa shape index (κ2) is 7.65. The first-order valence-corrected chi connectivity index (χ1v) is 12.6. The molecular weight excluding hydrogens is 364 g/mol. The van der Waals surface area contributed by atoms with Crippen LogP contribution in [0.5, 0.6) is 0 Å². The van der Waals surface area contributed by atoms with Gasteiger partial charge in [-0.05, 0) is 31.0 Å². The van der Waals surface area contributed by atoms with Crippen molar-refractivity contribution in [1.82, 2.24) is 9.55 Å². The lowest BCUT2D eigenvalue weighted by molar-refractivity contribution is -0.111. The molecular formula is C19H34N2O5Si. The highest BCUT2D eigenvalue weighted by atomic mass is 28.4. The van der Waals surface area contributed by atoms with Gasteiger partial charge in [0.15, 0.2) is 14.5 Å². The fourth-order valence-electron chi connectivity index (χ4n) is 3.41. The van der Waals surface area contributed by atoms with Gasteiger partial charge in [-0.25, -0.2) is 4.79 Å². The quantitative estimate of drug-likeness (QED) is 0.719. The van der Waals surface area contributed by atoms with Crippen molar-refractivity contribution in [2.45, 2.75) is 96.1 Å². The zero-order valence-corrected chi connectivity index (χ0v) is 18.5. The summed E-state index contributed by atoms with van der Waals surface area (Å²) in [6, 6.07) is 1.28. The molecule has 1 saturated heterocycles. The van der Waals surface area contributed by atoms with Gasteiger partial charge in [0.2, 0.25) is 0 Å². The normalized spacial score (nSPS) is 29.3. The van der Waals surface area contributed by atoms with E-state index in [1.54, 1.807) is 0 Å². The number of hydrogen-bond acceptors (Lipinski definition) is 5. The van der Waals surface area contributed by atoms with E-state index in [2.05, 4.69) is 38.8 Å². The van der Waals surface area contributed by atoms with E-state index in [0.29, 0.717) is 12.8 Å². The summed E-state index contributed by atoms with van der Waals surface area (Å²) in [4.78, 5) is 26.1. The van der Waals surface area contributed by atoms with Gasteiger partial charge in [0.05, 0.1) is 5.60 Å². The number of rotatable bonds is 6. The average Bonchev–Trinajstić information content (AvgIpc) is 2.80. The molecule has 1 aliphatic heterocycles. The molecule has 1 unspecified atom stereocenters. The van der Waals surface area contributed by atoms with E-state index in [0.717, 1.165) is 6.42 Å². The van der Waals surface area contributed by atoms with Gasteiger partial charge in [-0.2, -0.15) is 0 Å². The molecule has 154 valence electrons. The van der Waals surface area contributed by atoms with E-state index in [9.17, 15) is 14.7 Å². The fraction of sp³-hybridized carbons (Fsp3) is 0.789. The highest BCUT2D eigenvalue weighted by molar-refractivity contribution is 6.74. The molecule has 27 heavy (non-hydrogen) atoms. The molecule has 0 bridgehead atoms. The van der Waals surface area contributed by atoms with Gasteiger partial charge in [0.1, 0.15) is 12.2 Å². The number of H-pyrrole nitrogens is 1. The Kier molecular flexibility index (Phi) is 6.26. The molecule has 2 heterocycles. The van der Waals surface area contributed by atoms with Crippen molar-refractivity contribution in [1.29, 1.82) is 0 Å². The van der Waals surface area contributed by atoms with Gasteiger partial charge in [0.25, 0.3) is 5.56 Å². The first-order chi connectivity index (χ1) is 12.4. The number of nitrogens with one attached hydrogen (secondary N) is 1. The molecule has 8 heteroatoms. The summed E-state index contributed by atoms with van der Waals surface area (Å²) >= 11 is 0. The van der Waals surface area contributed by atoms with Crippen molar-refractivity contribution in [3.05, 3.63) is 33.1 Å². The van der Waals surface area contributed by atoms with Crippen molar-refractivity contribution in [2.24, 2.45) is 0 Å². The topological polar surface area (TPSA) is 93.6 Å². The Balaban J connectivity index is 2.53. The largest absolute Gasteiger partial charge is 0.407 e. The summed E-state index contributed by atoms with van der Waals surface area (Å²) in [5.41, 5.74) is -1.80. The summed E-state index contributed by atoms with van der Waals surface area (Å²) in [6.45, 7) is 14.6. The zero-order valence-electron chi connectivity index (χ0n) is 17.5. The van der Waals surface area contributed by atoms with E-state index >= 15 is 0 Å². The maximum absolute atomic E-state index is 12.4. The van der Waals surface area contributed by atoms with E-state index in [1.165, 1.54) is 16.8 Å². The molecule has 1 aliphatic rings. The minimum Gasteiger partial charge on any atom is -0.407 e. The van der Waals surface area contributed by atoms with Crippen molar-refractivity contribution >= 4 is 8.32 Å². The van der Waals surface area contributed by atoms with E-state index in [1.807, 2.05) is 13.8 Å². The van der Waals surface area contributed by atoms with Crippen LogP contribution in [-0.2, 0) is 9.16 Å². The Morgan fingerprint density at radius 1 is 1.33 bits per heavy atom. The van der Waals surface area contributed by atoms with Crippen LogP contribution in [-0.4, -0.2) is 40.8 Å². The molecule has 0 spiro atoms. The highest BCUT2D eigenvalue weighted by Crippen LogP contribution is 2.46. The molecule has 0 saturated carbocycles. The third kappa shape index (κ3) is 4.13. The third-order valence-corrected chi connectivity index (χ3v) is 10.6. The fourth-order valence-corrected chi connectivity index (χ4v) is 4.69. The maximum atomic E-state index is 12.4. The monoisotopic (exact) mass is 398 g/mol. The molecule has 2 N–H and O–H groups in total. The second-order valence-corrected chi connectivity index (χ2v) is 13.7. The van der Waals surface area contributed by atoms with Crippen LogP contribution >= 0.6 is 0 Å². The molecule has 7 nitrogen and oxygen atoms in total. The van der Waals surface area contributed by atoms with E-state index in [-0.39, 0.29) is 5.04 Å². The van der Waals surface area contributed by atoms with Crippen LogP contribution in [0, 0.1) is 0 Å². The Labute approximate surface area is 161 Å². The molecule has 0 radical (unpaired) electrons. The van der Waals surface area contributed by atoms with E-state index in [4.69, 9.17) is 9.16 Å². The molecule has 1 aromatic heterocycles. The van der Waals surface area contributed by atoms with Crippen molar-refractivity contribution in [3.63, 3.8) is 0 Å². The molecule has 4 atom stereocenters. The SMILES string of the molecule is CCC[C@]1(CC)O[C@@H](n2ccc(=O)[nH]c2=O)C(O[Si](C)(C)C(C)(C)C)[C@H]1O. The van der Waals surface area contributed by atoms with Gasteiger partial charge in [-0.1, -0.05) is 41.0 Å². The smallest absolute Gasteiger partial charge is 0.330 e. The molecule has 2 rings (SSSR count). The third-order valence-electron chi connectivity index (χ3n) is 6.12. The Morgan fingerprint density at radius 2 is 1.96 bits per heavy atom. The second-order valence-electron chi connectivity index (χ2n) is 8.98. The molecule has 0 aromatic carbocycles. The van der Waals surface area contributed by atoms with Crippen molar-refractivity contribution in [2.75, 3.05) is 0 Å². The lowest BCUT2D eigenvalue weighted by Crippen LogP contribution is -2.51. The van der Waals surface area contributed by atoms with Crippen LogP contribution in [0.4, 0.5) is 0 Å². The van der Waals surface area contributed by atoms with Gasteiger partial charge in [-0.15, -0.1) is 0 Å². The summed E-state index contributed by atoms with van der Waals surface area (Å²) < 4.78 is 14.2. The van der Waals surface area contributed by atoms with Crippen LogP contribution in [0.3, 0.4) is 0 Å². The molecule has 0 aliphatic carbocycles. The number of aliphatic hydroxyl groups is 1. The minimum absolute atomic E-state index is 0.0601. The van der Waals surface area contributed by atoms with Crippen LogP contribution in [0.15, 0.2) is 21.9 Å². The Bertz CT molecular complexity index is 766. The molecule has 1 aromatic rings. The zero-order chi connectivity index (χ0) is 20.6. The summed E-state index contributed by atoms with van der Waals surface area (Å²) in [5, 5.41) is 11.2. The van der Waals surface area contributed by atoms with Crippen molar-refractivity contribution in [3.8, 4) is 0 Å². The number of nitrogens with zero attached hydrogens (tertiary/aromatic N) is 1. The lowest BCUT2D eigenvalue weighted by atomic mass is 9.88. The molecule has 1 fully saturated rings. The Hall–Kier alpha value is -1.22. The number of aromatic amines is 1. The predicted octanol–water partition coefficient (Wildman–Crippen LogP) is 2.77. The number of aromatic nitrogens is 2. The average molecular weight is 399 g/mol. The predicted molar refractivity (Wildman–Crippen MR) is 107 cm³/mol. The standard InChI is InChI=1S/C19H34N2O5Si/c1-8-11-19(9-2)15(23)14(26-27(6,7)18(3,4)5)16(25-19)21-12-10-13(22)20-17(21)24/h10,12,14-16,23H,8-9,11H2,1-7H3,(H,20,22,24)/t14?,15-,16-,19+/m1/s1. The van der Waals surface area contributed by atoms with Gasteiger partial charge in [-0.3, -0.25) is 14.3 Å². The van der Waals surface area contributed by atoms with Crippen LogP contribution in [0.25, 0.3) is 0 Å². The summed E-state index contributed by atoms with van der Waals surface area (Å²) in [5.74, 6) is 0. The van der Waals surface area contributed by atoms with Gasteiger partial charge >= 0.3 is 5.69 Å². The van der Waals surface area contributed by atoms with Crippen molar-refractivity contribution < 1.29 is 14.3 Å². The van der Waals surface area contributed by atoms with Crippen LogP contribution in [0.1, 0.15) is 60.1 Å². The van der Waals surface area contributed by atoms with Gasteiger partial charge in [0, 0.05) is 12.3 Å². The maximum Gasteiger partial charge on any atom is 0.330 e. The van der Waals surface area contributed by atoms with E-state index < -0.39 is 43.6 Å². The van der Waals surface area contributed by atoms with Gasteiger partial charge < -0.3 is 14.3 Å². The first-order valence-electron chi connectivity index (χ1n) is 9.73. The van der Waals surface area contributed by atoms with Crippen LogP contribution in [0.2, 0.25) is 18.1 Å². The number of hydrogen-bond donors (Lipinski definition) is 2. The number of ether oxygens (including phenoxy) is 1. The summed E-state index contributed by atoms with van der Waals surface area (Å²) in [7, 11) is -2.24.